The van der Waals surface area contributed by atoms with E-state index in [0.717, 1.165) is 10.9 Å². The number of aromatic carboxylic acids is 1. The van der Waals surface area contributed by atoms with Gasteiger partial charge in [-0.15, -0.1) is 0 Å². The Hall–Kier alpha value is -3.15. The first kappa shape index (κ1) is 13.8. The van der Waals surface area contributed by atoms with Crippen LogP contribution in [0.15, 0.2) is 53.1 Å². The lowest BCUT2D eigenvalue weighted by Gasteiger charge is -2.04. The molecule has 1 amide bonds. The molecule has 2 heterocycles. The van der Waals surface area contributed by atoms with Crippen molar-refractivity contribution in [2.45, 2.75) is 6.54 Å². The number of pyridine rings is 1. The molecule has 0 bridgehead atoms. The molecule has 22 heavy (non-hydrogen) atoms. The summed E-state index contributed by atoms with van der Waals surface area (Å²) >= 11 is 0. The lowest BCUT2D eigenvalue weighted by atomic mass is 10.1. The van der Waals surface area contributed by atoms with Gasteiger partial charge in [0.25, 0.3) is 5.91 Å². The van der Waals surface area contributed by atoms with Crippen molar-refractivity contribution in [3.63, 3.8) is 0 Å². The molecule has 3 aromatic rings. The maximum Gasteiger partial charge on any atom is 0.371 e. The summed E-state index contributed by atoms with van der Waals surface area (Å²) in [7, 11) is 0. The molecule has 6 nitrogen and oxygen atoms in total. The molecular weight excluding hydrogens is 284 g/mol. The molecule has 0 spiro atoms. The van der Waals surface area contributed by atoms with Crippen LogP contribution in [-0.4, -0.2) is 22.0 Å². The van der Waals surface area contributed by atoms with Crippen LogP contribution in [-0.2, 0) is 6.54 Å². The zero-order chi connectivity index (χ0) is 15.5. The van der Waals surface area contributed by atoms with Crippen LogP contribution < -0.4 is 5.32 Å². The first-order valence-corrected chi connectivity index (χ1v) is 6.58. The van der Waals surface area contributed by atoms with E-state index >= 15 is 0 Å². The van der Waals surface area contributed by atoms with Crippen LogP contribution >= 0.6 is 0 Å². The topological polar surface area (TPSA) is 92.4 Å². The van der Waals surface area contributed by atoms with Gasteiger partial charge in [-0.2, -0.15) is 0 Å². The van der Waals surface area contributed by atoms with Crippen LogP contribution in [0.5, 0.6) is 0 Å². The van der Waals surface area contributed by atoms with E-state index in [-0.39, 0.29) is 18.2 Å². The summed E-state index contributed by atoms with van der Waals surface area (Å²) in [6, 6.07) is 11.8. The lowest BCUT2D eigenvalue weighted by molar-refractivity contribution is 0.0660. The first-order chi connectivity index (χ1) is 10.6. The Balaban J connectivity index is 1.71. The summed E-state index contributed by atoms with van der Waals surface area (Å²) in [4.78, 5) is 27.0. The third kappa shape index (κ3) is 2.80. The van der Waals surface area contributed by atoms with Gasteiger partial charge in [0.15, 0.2) is 0 Å². The molecule has 0 saturated heterocycles. The monoisotopic (exact) mass is 296 g/mol. The highest BCUT2D eigenvalue weighted by atomic mass is 16.4. The number of carboxylic acids is 1. The average molecular weight is 296 g/mol. The number of nitrogens with one attached hydrogen (secondary N) is 1. The number of hydrogen-bond donors (Lipinski definition) is 2. The van der Waals surface area contributed by atoms with Crippen LogP contribution in [0, 0.1) is 0 Å². The Kier molecular flexibility index (Phi) is 3.57. The summed E-state index contributed by atoms with van der Waals surface area (Å²) in [5.41, 5.74) is 1.32. The number of carbonyl (C=O) groups excluding carboxylic acids is 1. The zero-order valence-corrected chi connectivity index (χ0v) is 11.4. The number of hydrogen-bond acceptors (Lipinski definition) is 4. The Morgan fingerprint density at radius 3 is 2.82 bits per heavy atom. The van der Waals surface area contributed by atoms with Crippen LogP contribution in [0.3, 0.4) is 0 Å². The normalized spacial score (nSPS) is 10.5. The van der Waals surface area contributed by atoms with Gasteiger partial charge in [-0.1, -0.05) is 6.07 Å². The Bertz CT molecular complexity index is 854. The van der Waals surface area contributed by atoms with Gasteiger partial charge in [0, 0.05) is 17.1 Å². The van der Waals surface area contributed by atoms with Gasteiger partial charge >= 0.3 is 5.97 Å². The van der Waals surface area contributed by atoms with Crippen molar-refractivity contribution in [1.82, 2.24) is 10.3 Å². The van der Waals surface area contributed by atoms with Crippen molar-refractivity contribution in [2.24, 2.45) is 0 Å². The van der Waals surface area contributed by atoms with E-state index < -0.39 is 5.97 Å². The van der Waals surface area contributed by atoms with E-state index in [1.165, 1.54) is 12.1 Å². The van der Waals surface area contributed by atoms with Gasteiger partial charge < -0.3 is 14.8 Å². The van der Waals surface area contributed by atoms with Gasteiger partial charge in [-0.25, -0.2) is 4.79 Å². The Labute approximate surface area is 125 Å². The number of carbonyl (C=O) groups is 2. The minimum atomic E-state index is -1.14. The van der Waals surface area contributed by atoms with Crippen LogP contribution in [0.25, 0.3) is 10.9 Å². The zero-order valence-electron chi connectivity index (χ0n) is 11.4. The number of carboxylic acid groups (broad SMARTS) is 1. The quantitative estimate of drug-likeness (QED) is 0.771. The SMILES string of the molecule is O=C(NCc1ccc(C(=O)O)o1)c1ccc2ncccc2c1. The molecule has 0 aliphatic carbocycles. The molecule has 0 saturated carbocycles. The summed E-state index contributed by atoms with van der Waals surface area (Å²) in [6.07, 6.45) is 1.69. The largest absolute Gasteiger partial charge is 0.475 e. The smallest absolute Gasteiger partial charge is 0.371 e. The molecule has 0 radical (unpaired) electrons. The molecule has 1 aromatic carbocycles. The maximum absolute atomic E-state index is 12.1. The highest BCUT2D eigenvalue weighted by molar-refractivity contribution is 5.97. The molecule has 0 unspecified atom stereocenters. The van der Waals surface area contributed by atoms with Gasteiger partial charge in [0.2, 0.25) is 5.76 Å². The van der Waals surface area contributed by atoms with Gasteiger partial charge in [-0.3, -0.25) is 9.78 Å². The predicted molar refractivity (Wildman–Crippen MR) is 78.6 cm³/mol. The van der Waals surface area contributed by atoms with E-state index in [2.05, 4.69) is 10.3 Å². The number of aromatic nitrogens is 1. The molecular formula is C16H12N2O4. The minimum absolute atomic E-state index is 0.122. The fraction of sp³-hybridized carbons (Fsp3) is 0.0625. The molecule has 2 N–H and O–H groups in total. The maximum atomic E-state index is 12.1. The number of benzene rings is 1. The molecule has 6 heteroatoms. The summed E-state index contributed by atoms with van der Waals surface area (Å²) in [5.74, 6) is -1.17. The number of fused-ring (bicyclic) bond motifs is 1. The Morgan fingerprint density at radius 1 is 1.18 bits per heavy atom. The third-order valence-electron chi connectivity index (χ3n) is 3.16. The molecule has 0 aliphatic rings. The highest BCUT2D eigenvalue weighted by Crippen LogP contribution is 2.13. The second-order valence-corrected chi connectivity index (χ2v) is 4.66. The van der Waals surface area contributed by atoms with E-state index in [4.69, 9.17) is 9.52 Å². The van der Waals surface area contributed by atoms with E-state index in [0.29, 0.717) is 11.3 Å². The van der Waals surface area contributed by atoms with Gasteiger partial charge in [-0.05, 0) is 36.4 Å². The molecule has 2 aromatic heterocycles. The van der Waals surface area contributed by atoms with Crippen molar-refractivity contribution in [2.75, 3.05) is 0 Å². The summed E-state index contributed by atoms with van der Waals surface area (Å²) in [6.45, 7) is 0.122. The molecule has 0 fully saturated rings. The van der Waals surface area contributed by atoms with Crippen molar-refractivity contribution >= 4 is 22.8 Å². The molecule has 110 valence electrons. The van der Waals surface area contributed by atoms with Gasteiger partial charge in [0.1, 0.15) is 5.76 Å². The lowest BCUT2D eigenvalue weighted by Crippen LogP contribution is -2.22. The number of amides is 1. The predicted octanol–water partition coefficient (Wildman–Crippen LogP) is 2.46. The summed E-state index contributed by atoms with van der Waals surface area (Å²) in [5, 5.41) is 12.3. The number of nitrogens with zero attached hydrogens (tertiary/aromatic N) is 1. The van der Waals surface area contributed by atoms with E-state index in [1.807, 2.05) is 6.07 Å². The second kappa shape index (κ2) is 5.69. The van der Waals surface area contributed by atoms with Crippen molar-refractivity contribution < 1.29 is 19.1 Å². The average Bonchev–Trinajstić information content (AvgIpc) is 3.01. The van der Waals surface area contributed by atoms with Crippen LogP contribution in [0.2, 0.25) is 0 Å². The summed E-state index contributed by atoms with van der Waals surface area (Å²) < 4.78 is 5.08. The third-order valence-corrected chi connectivity index (χ3v) is 3.16. The fourth-order valence-electron chi connectivity index (χ4n) is 2.07. The number of rotatable bonds is 4. The van der Waals surface area contributed by atoms with Gasteiger partial charge in [0.05, 0.1) is 12.1 Å². The molecule has 3 rings (SSSR count). The molecule has 0 atom stereocenters. The standard InChI is InChI=1S/C16H12N2O4/c19-15(18-9-12-4-6-14(22-12)16(20)21)11-3-5-13-10(8-11)2-1-7-17-13/h1-8H,9H2,(H,18,19)(H,20,21). The van der Waals surface area contributed by atoms with Crippen molar-refractivity contribution in [3.8, 4) is 0 Å². The number of furan rings is 1. The van der Waals surface area contributed by atoms with E-state index in [1.54, 1.807) is 30.5 Å². The van der Waals surface area contributed by atoms with E-state index in [9.17, 15) is 9.59 Å². The fourth-order valence-corrected chi connectivity index (χ4v) is 2.07. The van der Waals surface area contributed by atoms with Crippen LogP contribution in [0.1, 0.15) is 26.7 Å². The van der Waals surface area contributed by atoms with Crippen LogP contribution in [0.4, 0.5) is 0 Å². The Morgan fingerprint density at radius 2 is 2.05 bits per heavy atom. The van der Waals surface area contributed by atoms with Crippen molar-refractivity contribution in [3.05, 3.63) is 65.7 Å². The molecule has 0 aliphatic heterocycles. The van der Waals surface area contributed by atoms with Crippen molar-refractivity contribution in [1.29, 1.82) is 0 Å². The minimum Gasteiger partial charge on any atom is -0.475 e. The first-order valence-electron chi connectivity index (χ1n) is 6.58. The highest BCUT2D eigenvalue weighted by Gasteiger charge is 2.11. The second-order valence-electron chi connectivity index (χ2n) is 4.66.